The van der Waals surface area contributed by atoms with Gasteiger partial charge in [-0.3, -0.25) is 4.90 Å². The zero-order valence-electron chi connectivity index (χ0n) is 11.3. The molecule has 1 aliphatic heterocycles. The molecule has 0 radical (unpaired) electrons. The van der Waals surface area contributed by atoms with E-state index in [1.54, 1.807) is 0 Å². The van der Waals surface area contributed by atoms with Crippen molar-refractivity contribution in [2.24, 2.45) is 0 Å². The van der Waals surface area contributed by atoms with Gasteiger partial charge in [0.1, 0.15) is 5.82 Å². The van der Waals surface area contributed by atoms with E-state index in [9.17, 15) is 0 Å². The lowest BCUT2D eigenvalue weighted by Gasteiger charge is -2.36. The molecule has 98 valence electrons. The molecule has 1 aliphatic rings. The van der Waals surface area contributed by atoms with Crippen LogP contribution in [0.15, 0.2) is 49.2 Å². The quantitative estimate of drug-likeness (QED) is 0.784. The van der Waals surface area contributed by atoms with E-state index >= 15 is 0 Å². The first kappa shape index (κ1) is 12.2. The highest BCUT2D eigenvalue weighted by Crippen LogP contribution is 2.29. The lowest BCUT2D eigenvalue weighted by molar-refractivity contribution is 0.153. The minimum Gasteiger partial charge on any atom is -0.329 e. The molecular weight excluding hydrogens is 234 g/mol. The molecule has 2 heterocycles. The number of aryl methyl sites for hydroxylation is 1. The fraction of sp³-hybridized carbons (Fsp3) is 0.312. The summed E-state index contributed by atoms with van der Waals surface area (Å²) in [5.41, 5.74) is 2.61. The Morgan fingerprint density at radius 3 is 2.89 bits per heavy atom. The van der Waals surface area contributed by atoms with Crippen LogP contribution in [0.25, 0.3) is 0 Å². The molecule has 0 N–H and O–H groups in total. The summed E-state index contributed by atoms with van der Waals surface area (Å²) in [4.78, 5) is 6.94. The topological polar surface area (TPSA) is 21.1 Å². The van der Waals surface area contributed by atoms with Crippen LogP contribution in [0.1, 0.15) is 23.1 Å². The molecule has 1 aromatic heterocycles. The zero-order valence-corrected chi connectivity index (χ0v) is 11.3. The molecule has 1 aromatic carbocycles. The van der Waals surface area contributed by atoms with Gasteiger partial charge in [0.2, 0.25) is 0 Å². The van der Waals surface area contributed by atoms with Crippen molar-refractivity contribution in [2.75, 3.05) is 6.54 Å². The maximum Gasteiger partial charge on any atom is 0.123 e. The SMILES string of the molecule is C=CCN1Cc2ncc(C)n2CC1c1ccccc1. The van der Waals surface area contributed by atoms with E-state index in [2.05, 4.69) is 58.3 Å². The predicted molar refractivity (Wildman–Crippen MR) is 76.8 cm³/mol. The number of hydrogen-bond donors (Lipinski definition) is 0. The fourth-order valence-corrected chi connectivity index (χ4v) is 2.82. The molecule has 2 aromatic rings. The number of fused-ring (bicyclic) bond motifs is 1. The van der Waals surface area contributed by atoms with Crippen LogP contribution in [0, 0.1) is 6.92 Å². The molecule has 0 spiro atoms. The average molecular weight is 253 g/mol. The third-order valence-corrected chi connectivity index (χ3v) is 3.83. The standard InChI is InChI=1S/C16H19N3/c1-3-9-18-12-16-17-10-13(2)19(16)11-15(18)14-7-5-4-6-8-14/h3-8,10,15H,1,9,11-12H2,2H3. The van der Waals surface area contributed by atoms with Crippen LogP contribution in [0.2, 0.25) is 0 Å². The Labute approximate surface area is 114 Å². The largest absolute Gasteiger partial charge is 0.329 e. The number of benzene rings is 1. The highest BCUT2D eigenvalue weighted by molar-refractivity contribution is 5.21. The highest BCUT2D eigenvalue weighted by Gasteiger charge is 2.27. The maximum absolute atomic E-state index is 4.50. The van der Waals surface area contributed by atoms with Gasteiger partial charge < -0.3 is 4.57 Å². The third kappa shape index (κ3) is 2.22. The van der Waals surface area contributed by atoms with E-state index in [0.717, 1.165) is 25.5 Å². The number of rotatable bonds is 3. The summed E-state index contributed by atoms with van der Waals surface area (Å²) in [7, 11) is 0. The molecule has 0 amide bonds. The van der Waals surface area contributed by atoms with Gasteiger partial charge in [-0.05, 0) is 12.5 Å². The minimum atomic E-state index is 0.402. The highest BCUT2D eigenvalue weighted by atomic mass is 15.3. The number of aromatic nitrogens is 2. The van der Waals surface area contributed by atoms with E-state index in [0.29, 0.717) is 6.04 Å². The van der Waals surface area contributed by atoms with Crippen LogP contribution in [-0.4, -0.2) is 21.0 Å². The third-order valence-electron chi connectivity index (χ3n) is 3.83. The Morgan fingerprint density at radius 2 is 2.16 bits per heavy atom. The molecule has 3 heteroatoms. The van der Waals surface area contributed by atoms with Crippen molar-refractivity contribution in [1.29, 1.82) is 0 Å². The van der Waals surface area contributed by atoms with Crippen molar-refractivity contribution in [2.45, 2.75) is 26.1 Å². The summed E-state index contributed by atoms with van der Waals surface area (Å²) in [5.74, 6) is 1.16. The second-order valence-corrected chi connectivity index (χ2v) is 5.07. The van der Waals surface area contributed by atoms with Gasteiger partial charge in [-0.25, -0.2) is 4.98 Å². The first-order chi connectivity index (χ1) is 9.29. The Bertz CT molecular complexity index is 571. The minimum absolute atomic E-state index is 0.402. The van der Waals surface area contributed by atoms with Crippen molar-refractivity contribution in [1.82, 2.24) is 14.5 Å². The summed E-state index contributed by atoms with van der Waals surface area (Å²) in [6.45, 7) is 8.76. The van der Waals surface area contributed by atoms with Crippen molar-refractivity contribution >= 4 is 0 Å². The van der Waals surface area contributed by atoms with Crippen molar-refractivity contribution in [3.8, 4) is 0 Å². The summed E-state index contributed by atoms with van der Waals surface area (Å²) >= 11 is 0. The van der Waals surface area contributed by atoms with Crippen LogP contribution in [-0.2, 0) is 13.1 Å². The fourth-order valence-electron chi connectivity index (χ4n) is 2.82. The van der Waals surface area contributed by atoms with E-state index in [-0.39, 0.29) is 0 Å². The van der Waals surface area contributed by atoms with E-state index in [1.165, 1.54) is 11.3 Å². The van der Waals surface area contributed by atoms with Crippen LogP contribution >= 0.6 is 0 Å². The van der Waals surface area contributed by atoms with Gasteiger partial charge in [0.25, 0.3) is 0 Å². The van der Waals surface area contributed by atoms with Crippen molar-refractivity contribution in [3.63, 3.8) is 0 Å². The van der Waals surface area contributed by atoms with Gasteiger partial charge in [-0.1, -0.05) is 36.4 Å². The van der Waals surface area contributed by atoms with E-state index in [1.807, 2.05) is 12.3 Å². The van der Waals surface area contributed by atoms with E-state index < -0.39 is 0 Å². The predicted octanol–water partition coefficient (Wildman–Crippen LogP) is 2.93. The number of nitrogens with zero attached hydrogens (tertiary/aromatic N) is 3. The molecule has 0 bridgehead atoms. The Morgan fingerprint density at radius 1 is 1.37 bits per heavy atom. The molecule has 0 fully saturated rings. The Kier molecular flexibility index (Phi) is 3.22. The first-order valence-electron chi connectivity index (χ1n) is 6.70. The summed E-state index contributed by atoms with van der Waals surface area (Å²) in [6.07, 6.45) is 3.94. The molecule has 19 heavy (non-hydrogen) atoms. The Balaban J connectivity index is 1.97. The van der Waals surface area contributed by atoms with Crippen molar-refractivity contribution < 1.29 is 0 Å². The van der Waals surface area contributed by atoms with Crippen LogP contribution in [0.3, 0.4) is 0 Å². The normalized spacial score (nSPS) is 19.1. The van der Waals surface area contributed by atoms with Gasteiger partial charge in [0.15, 0.2) is 0 Å². The van der Waals surface area contributed by atoms with E-state index in [4.69, 9.17) is 0 Å². The smallest absolute Gasteiger partial charge is 0.123 e. The van der Waals surface area contributed by atoms with Gasteiger partial charge >= 0.3 is 0 Å². The van der Waals surface area contributed by atoms with Gasteiger partial charge in [0, 0.05) is 25.0 Å². The second kappa shape index (κ2) is 5.02. The molecular formula is C16H19N3. The lowest BCUT2D eigenvalue weighted by atomic mass is 10.0. The second-order valence-electron chi connectivity index (χ2n) is 5.07. The molecule has 3 nitrogen and oxygen atoms in total. The average Bonchev–Trinajstić information content (AvgIpc) is 2.80. The monoisotopic (exact) mass is 253 g/mol. The van der Waals surface area contributed by atoms with Crippen LogP contribution < -0.4 is 0 Å². The molecule has 0 aliphatic carbocycles. The van der Waals surface area contributed by atoms with Crippen molar-refractivity contribution in [3.05, 3.63) is 66.3 Å². The summed E-state index contributed by atoms with van der Waals surface area (Å²) < 4.78 is 2.33. The molecule has 0 saturated carbocycles. The van der Waals surface area contributed by atoms with Gasteiger partial charge in [-0.2, -0.15) is 0 Å². The lowest BCUT2D eigenvalue weighted by Crippen LogP contribution is -2.37. The molecule has 0 saturated heterocycles. The molecule has 3 rings (SSSR count). The number of hydrogen-bond acceptors (Lipinski definition) is 2. The zero-order chi connectivity index (χ0) is 13.2. The maximum atomic E-state index is 4.50. The number of imidazole rings is 1. The molecule has 1 atom stereocenters. The summed E-state index contributed by atoms with van der Waals surface area (Å²) in [5, 5.41) is 0. The summed E-state index contributed by atoms with van der Waals surface area (Å²) in [6, 6.07) is 11.1. The first-order valence-corrected chi connectivity index (χ1v) is 6.70. The van der Waals surface area contributed by atoms with Gasteiger partial charge in [-0.15, -0.1) is 6.58 Å². The van der Waals surface area contributed by atoms with Gasteiger partial charge in [0.05, 0.1) is 12.6 Å². The van der Waals surface area contributed by atoms with Crippen LogP contribution in [0.4, 0.5) is 0 Å². The van der Waals surface area contributed by atoms with Crippen LogP contribution in [0.5, 0.6) is 0 Å². The Hall–Kier alpha value is -1.87. The molecule has 1 unspecified atom stereocenters.